The number of halogens is 4. The van der Waals surface area contributed by atoms with Crippen molar-refractivity contribution in [1.29, 1.82) is 0 Å². The van der Waals surface area contributed by atoms with Crippen LogP contribution in [0.5, 0.6) is 0 Å². The van der Waals surface area contributed by atoms with Crippen molar-refractivity contribution in [2.75, 3.05) is 19.6 Å². The van der Waals surface area contributed by atoms with Gasteiger partial charge in [0.2, 0.25) is 0 Å². The van der Waals surface area contributed by atoms with Gasteiger partial charge in [0.25, 0.3) is 11.5 Å². The Balaban J connectivity index is 0.00000242. The normalized spacial score (nSPS) is 14.8. The first-order valence-corrected chi connectivity index (χ1v) is 6.35. The summed E-state index contributed by atoms with van der Waals surface area (Å²) in [5.74, 6) is -0.690. The molecule has 1 amide bonds. The lowest BCUT2D eigenvalue weighted by molar-refractivity contribution is -0.141. The molecule has 1 aromatic heterocycles. The van der Waals surface area contributed by atoms with E-state index in [1.165, 1.54) is 0 Å². The van der Waals surface area contributed by atoms with Crippen molar-refractivity contribution < 1.29 is 18.0 Å². The molecule has 2 heterocycles. The third-order valence-corrected chi connectivity index (χ3v) is 3.09. The minimum atomic E-state index is -4.64. The van der Waals surface area contributed by atoms with Crippen molar-refractivity contribution in [3.05, 3.63) is 45.4 Å². The van der Waals surface area contributed by atoms with Gasteiger partial charge in [0.15, 0.2) is 0 Å². The van der Waals surface area contributed by atoms with Crippen LogP contribution >= 0.6 is 12.4 Å². The van der Waals surface area contributed by atoms with Crippen molar-refractivity contribution in [3.63, 3.8) is 0 Å². The molecule has 0 saturated heterocycles. The van der Waals surface area contributed by atoms with Gasteiger partial charge in [-0.2, -0.15) is 13.2 Å². The third kappa shape index (κ3) is 4.60. The Kier molecular flexibility index (Phi) is 6.19. The van der Waals surface area contributed by atoms with Crippen molar-refractivity contribution in [2.24, 2.45) is 0 Å². The number of pyridine rings is 1. The van der Waals surface area contributed by atoms with Crippen LogP contribution in [0.1, 0.15) is 22.5 Å². The van der Waals surface area contributed by atoms with Gasteiger partial charge in [-0.25, -0.2) is 0 Å². The van der Waals surface area contributed by atoms with Crippen LogP contribution in [0.25, 0.3) is 0 Å². The lowest BCUT2D eigenvalue weighted by Crippen LogP contribution is -2.33. The summed E-state index contributed by atoms with van der Waals surface area (Å²) in [6, 6.07) is 1.56. The van der Waals surface area contributed by atoms with Crippen LogP contribution in [0.4, 0.5) is 13.2 Å². The van der Waals surface area contributed by atoms with E-state index < -0.39 is 23.3 Å². The van der Waals surface area contributed by atoms with Crippen LogP contribution in [-0.4, -0.2) is 30.5 Å². The van der Waals surface area contributed by atoms with E-state index in [1.54, 1.807) is 4.98 Å². The minimum absolute atomic E-state index is 0. The van der Waals surface area contributed by atoms with Crippen molar-refractivity contribution in [2.45, 2.75) is 12.6 Å². The standard InChI is InChI=1S/C13H14F3N3O2.ClH/c14-13(15,16)10-2-1-9(12(21)19-10)11(20)18-7-8-3-5-17-6-4-8;/h1-3,17H,4-7H2,(H,18,20)(H,19,21);1H. The summed E-state index contributed by atoms with van der Waals surface area (Å²) in [7, 11) is 0. The fraction of sp³-hybridized carbons (Fsp3) is 0.385. The van der Waals surface area contributed by atoms with E-state index in [1.807, 2.05) is 6.08 Å². The second kappa shape index (κ2) is 7.46. The van der Waals surface area contributed by atoms with Crippen LogP contribution in [0.2, 0.25) is 0 Å². The van der Waals surface area contributed by atoms with Gasteiger partial charge in [0.05, 0.1) is 0 Å². The molecule has 0 unspecified atom stereocenters. The summed E-state index contributed by atoms with van der Waals surface area (Å²) in [5.41, 5.74) is -1.55. The molecule has 1 aliphatic rings. The van der Waals surface area contributed by atoms with E-state index in [-0.39, 0.29) is 24.5 Å². The molecular formula is C13H15ClF3N3O2. The van der Waals surface area contributed by atoms with Gasteiger partial charge in [-0.05, 0) is 25.1 Å². The molecule has 0 fully saturated rings. The van der Waals surface area contributed by atoms with Gasteiger partial charge in [0.1, 0.15) is 11.3 Å². The molecule has 122 valence electrons. The molecule has 0 spiro atoms. The first kappa shape index (κ1) is 18.2. The summed E-state index contributed by atoms with van der Waals surface area (Å²) in [6.07, 6.45) is -1.93. The number of nitrogens with one attached hydrogen (secondary N) is 3. The molecule has 5 nitrogen and oxygen atoms in total. The van der Waals surface area contributed by atoms with E-state index >= 15 is 0 Å². The first-order chi connectivity index (χ1) is 9.88. The Hall–Kier alpha value is -1.80. The maximum atomic E-state index is 12.4. The SMILES string of the molecule is Cl.O=C(NCC1=CCNCC1)c1ccc(C(F)(F)F)[nH]c1=O. The molecule has 3 N–H and O–H groups in total. The number of carbonyl (C=O) groups excluding carboxylic acids is 1. The van der Waals surface area contributed by atoms with Gasteiger partial charge in [-0.1, -0.05) is 11.6 Å². The number of rotatable bonds is 3. The van der Waals surface area contributed by atoms with Gasteiger partial charge in [-0.15, -0.1) is 12.4 Å². The Morgan fingerprint density at radius 2 is 2.05 bits per heavy atom. The van der Waals surface area contributed by atoms with E-state index in [2.05, 4.69) is 10.6 Å². The van der Waals surface area contributed by atoms with Crippen LogP contribution < -0.4 is 16.2 Å². The fourth-order valence-electron chi connectivity index (χ4n) is 1.94. The van der Waals surface area contributed by atoms with Gasteiger partial charge >= 0.3 is 6.18 Å². The zero-order valence-electron chi connectivity index (χ0n) is 11.4. The molecule has 22 heavy (non-hydrogen) atoms. The Bertz CT molecular complexity index is 626. The highest BCUT2D eigenvalue weighted by molar-refractivity contribution is 5.93. The summed E-state index contributed by atoms with van der Waals surface area (Å²) < 4.78 is 37.2. The molecule has 9 heteroatoms. The molecular weight excluding hydrogens is 323 g/mol. The molecule has 2 rings (SSSR count). The van der Waals surface area contributed by atoms with Gasteiger partial charge in [-0.3, -0.25) is 9.59 Å². The summed E-state index contributed by atoms with van der Waals surface area (Å²) in [4.78, 5) is 25.0. The predicted molar refractivity (Wildman–Crippen MR) is 77.2 cm³/mol. The zero-order chi connectivity index (χ0) is 15.5. The van der Waals surface area contributed by atoms with Crippen LogP contribution in [-0.2, 0) is 6.18 Å². The largest absolute Gasteiger partial charge is 0.431 e. The van der Waals surface area contributed by atoms with E-state index in [0.717, 1.165) is 24.6 Å². The van der Waals surface area contributed by atoms with Gasteiger partial charge < -0.3 is 15.6 Å². The Labute approximate surface area is 130 Å². The summed E-state index contributed by atoms with van der Waals surface area (Å²) >= 11 is 0. The number of amides is 1. The fourth-order valence-corrected chi connectivity index (χ4v) is 1.94. The predicted octanol–water partition coefficient (Wildman–Crippen LogP) is 1.47. The molecule has 0 radical (unpaired) electrons. The maximum Gasteiger partial charge on any atom is 0.431 e. The number of alkyl halides is 3. The molecule has 0 aromatic carbocycles. The molecule has 0 atom stereocenters. The second-order valence-corrected chi connectivity index (χ2v) is 4.61. The van der Waals surface area contributed by atoms with E-state index in [9.17, 15) is 22.8 Å². The molecule has 0 bridgehead atoms. The first-order valence-electron chi connectivity index (χ1n) is 6.35. The van der Waals surface area contributed by atoms with E-state index in [0.29, 0.717) is 12.6 Å². The highest BCUT2D eigenvalue weighted by Crippen LogP contribution is 2.26. The average molecular weight is 338 g/mol. The topological polar surface area (TPSA) is 74.0 Å². The zero-order valence-corrected chi connectivity index (χ0v) is 12.2. The number of H-pyrrole nitrogens is 1. The minimum Gasteiger partial charge on any atom is -0.348 e. The second-order valence-electron chi connectivity index (χ2n) is 4.61. The molecule has 0 saturated carbocycles. The van der Waals surface area contributed by atoms with E-state index in [4.69, 9.17) is 0 Å². The quantitative estimate of drug-likeness (QED) is 0.731. The third-order valence-electron chi connectivity index (χ3n) is 3.09. The number of aromatic amines is 1. The summed E-state index contributed by atoms with van der Waals surface area (Å²) in [5, 5.41) is 5.64. The number of carbonyl (C=O) groups is 1. The average Bonchev–Trinajstić information content (AvgIpc) is 2.45. The van der Waals surface area contributed by atoms with Crippen LogP contribution in [0, 0.1) is 0 Å². The number of hydrogen-bond donors (Lipinski definition) is 3. The highest BCUT2D eigenvalue weighted by Gasteiger charge is 2.32. The van der Waals surface area contributed by atoms with Crippen LogP contribution in [0.3, 0.4) is 0 Å². The van der Waals surface area contributed by atoms with Crippen molar-refractivity contribution in [1.82, 2.24) is 15.6 Å². The maximum absolute atomic E-state index is 12.4. The Morgan fingerprint density at radius 1 is 1.32 bits per heavy atom. The number of hydrogen-bond acceptors (Lipinski definition) is 3. The molecule has 1 aliphatic heterocycles. The molecule has 1 aromatic rings. The Morgan fingerprint density at radius 3 is 2.59 bits per heavy atom. The van der Waals surface area contributed by atoms with Crippen LogP contribution in [0.15, 0.2) is 28.6 Å². The number of aromatic nitrogens is 1. The van der Waals surface area contributed by atoms with Gasteiger partial charge in [0, 0.05) is 13.1 Å². The molecule has 0 aliphatic carbocycles. The highest BCUT2D eigenvalue weighted by atomic mass is 35.5. The summed E-state index contributed by atoms with van der Waals surface area (Å²) in [6.45, 7) is 1.80. The van der Waals surface area contributed by atoms with Crippen molar-refractivity contribution >= 4 is 18.3 Å². The monoisotopic (exact) mass is 337 g/mol. The smallest absolute Gasteiger partial charge is 0.348 e. The lowest BCUT2D eigenvalue weighted by Gasteiger charge is -2.14. The van der Waals surface area contributed by atoms with Crippen molar-refractivity contribution in [3.8, 4) is 0 Å². The lowest BCUT2D eigenvalue weighted by atomic mass is 10.1.